The van der Waals surface area contributed by atoms with Crippen LogP contribution < -0.4 is 15.4 Å². The van der Waals surface area contributed by atoms with Gasteiger partial charge in [-0.25, -0.2) is 4.79 Å². The van der Waals surface area contributed by atoms with Crippen molar-refractivity contribution < 1.29 is 22.7 Å². The number of urea groups is 1. The third-order valence-corrected chi connectivity index (χ3v) is 2.61. The van der Waals surface area contributed by atoms with Crippen LogP contribution in [0.15, 0.2) is 24.3 Å². The standard InChI is InChI=1S/C12H13F3N2O2/c13-12(14,15)19-10-4-2-1-3-9(10)17-11(18)16-7-8-5-6-8/h1-4,8H,5-7H2,(H2,16,17,18). The molecular formula is C12H13F3N2O2. The number of halogens is 3. The maximum absolute atomic E-state index is 12.2. The van der Waals surface area contributed by atoms with Gasteiger partial charge < -0.3 is 15.4 Å². The van der Waals surface area contributed by atoms with E-state index in [-0.39, 0.29) is 5.69 Å². The molecule has 0 aliphatic heterocycles. The Morgan fingerprint density at radius 1 is 1.32 bits per heavy atom. The van der Waals surface area contributed by atoms with Gasteiger partial charge in [-0.05, 0) is 30.9 Å². The fourth-order valence-electron chi connectivity index (χ4n) is 1.51. The summed E-state index contributed by atoms with van der Waals surface area (Å²) >= 11 is 0. The van der Waals surface area contributed by atoms with Crippen LogP contribution in [0, 0.1) is 5.92 Å². The van der Waals surface area contributed by atoms with Crippen molar-refractivity contribution in [3.63, 3.8) is 0 Å². The first-order valence-electron chi connectivity index (χ1n) is 5.83. The van der Waals surface area contributed by atoms with Crippen LogP contribution in [0.2, 0.25) is 0 Å². The van der Waals surface area contributed by atoms with Crippen molar-refractivity contribution in [3.05, 3.63) is 24.3 Å². The molecule has 0 aromatic heterocycles. The van der Waals surface area contributed by atoms with Gasteiger partial charge >= 0.3 is 12.4 Å². The molecule has 0 heterocycles. The molecule has 1 fully saturated rings. The molecule has 104 valence electrons. The second-order valence-corrected chi connectivity index (χ2v) is 4.32. The van der Waals surface area contributed by atoms with Gasteiger partial charge in [-0.2, -0.15) is 0 Å². The molecule has 2 N–H and O–H groups in total. The number of nitrogens with one attached hydrogen (secondary N) is 2. The third-order valence-electron chi connectivity index (χ3n) is 2.61. The molecule has 1 saturated carbocycles. The van der Waals surface area contributed by atoms with E-state index in [4.69, 9.17) is 0 Å². The number of alkyl halides is 3. The van der Waals surface area contributed by atoms with Crippen LogP contribution in [0.1, 0.15) is 12.8 Å². The Balaban J connectivity index is 1.96. The van der Waals surface area contributed by atoms with Crippen molar-refractivity contribution in [1.29, 1.82) is 0 Å². The molecule has 4 nitrogen and oxygen atoms in total. The van der Waals surface area contributed by atoms with Crippen molar-refractivity contribution in [2.45, 2.75) is 19.2 Å². The monoisotopic (exact) mass is 274 g/mol. The maximum Gasteiger partial charge on any atom is 0.573 e. The molecule has 0 atom stereocenters. The molecule has 0 radical (unpaired) electrons. The molecule has 1 aliphatic carbocycles. The molecule has 0 unspecified atom stereocenters. The molecule has 0 saturated heterocycles. The zero-order valence-electron chi connectivity index (χ0n) is 9.96. The van der Waals surface area contributed by atoms with Gasteiger partial charge in [-0.1, -0.05) is 12.1 Å². The minimum atomic E-state index is -4.79. The largest absolute Gasteiger partial charge is 0.573 e. The van der Waals surface area contributed by atoms with Gasteiger partial charge in [0.15, 0.2) is 5.75 Å². The predicted molar refractivity (Wildman–Crippen MR) is 62.9 cm³/mol. The summed E-state index contributed by atoms with van der Waals surface area (Å²) in [4.78, 5) is 11.5. The normalized spacial score (nSPS) is 14.9. The molecule has 2 amide bonds. The summed E-state index contributed by atoms with van der Waals surface area (Å²) in [6, 6.07) is 4.86. The minimum absolute atomic E-state index is 0.0203. The first-order valence-corrected chi connectivity index (χ1v) is 5.83. The van der Waals surface area contributed by atoms with Crippen LogP contribution in [0.4, 0.5) is 23.7 Å². The van der Waals surface area contributed by atoms with E-state index >= 15 is 0 Å². The Kier molecular flexibility index (Phi) is 3.82. The summed E-state index contributed by atoms with van der Waals surface area (Å²) in [5.74, 6) is 0.0593. The van der Waals surface area contributed by atoms with Gasteiger partial charge in [-0.15, -0.1) is 13.2 Å². The average Bonchev–Trinajstić information content (AvgIpc) is 3.11. The fourth-order valence-corrected chi connectivity index (χ4v) is 1.51. The smallest absolute Gasteiger partial charge is 0.404 e. The molecule has 2 rings (SSSR count). The number of amides is 2. The van der Waals surface area contributed by atoms with Gasteiger partial charge in [0.05, 0.1) is 5.69 Å². The van der Waals surface area contributed by atoms with Gasteiger partial charge in [0.2, 0.25) is 0 Å². The fraction of sp³-hybridized carbons (Fsp3) is 0.417. The lowest BCUT2D eigenvalue weighted by atomic mass is 10.3. The van der Waals surface area contributed by atoms with E-state index in [9.17, 15) is 18.0 Å². The molecule has 7 heteroatoms. The van der Waals surface area contributed by atoms with E-state index in [1.165, 1.54) is 18.2 Å². The highest BCUT2D eigenvalue weighted by molar-refractivity contribution is 5.90. The van der Waals surface area contributed by atoms with Crippen molar-refractivity contribution >= 4 is 11.7 Å². The molecular weight excluding hydrogens is 261 g/mol. The van der Waals surface area contributed by atoms with Gasteiger partial charge in [0, 0.05) is 6.54 Å². The molecule has 0 bridgehead atoms. The molecule has 1 aromatic rings. The lowest BCUT2D eigenvalue weighted by Gasteiger charge is -2.14. The molecule has 1 aromatic carbocycles. The van der Waals surface area contributed by atoms with E-state index in [2.05, 4.69) is 15.4 Å². The topological polar surface area (TPSA) is 50.4 Å². The number of benzene rings is 1. The number of rotatable bonds is 4. The van der Waals surface area contributed by atoms with E-state index < -0.39 is 18.1 Å². The highest BCUT2D eigenvalue weighted by Crippen LogP contribution is 2.30. The van der Waals surface area contributed by atoms with E-state index in [0.29, 0.717) is 12.5 Å². The maximum atomic E-state index is 12.2. The summed E-state index contributed by atoms with van der Waals surface area (Å²) in [6.07, 6.45) is -2.63. The first-order chi connectivity index (χ1) is 8.94. The number of ether oxygens (including phenoxy) is 1. The lowest BCUT2D eigenvalue weighted by Crippen LogP contribution is -2.30. The Morgan fingerprint density at radius 2 is 2.00 bits per heavy atom. The summed E-state index contributed by atoms with van der Waals surface area (Å²) in [7, 11) is 0. The summed E-state index contributed by atoms with van der Waals surface area (Å²) in [6.45, 7) is 0.536. The van der Waals surface area contributed by atoms with Crippen LogP contribution in [0.3, 0.4) is 0 Å². The third kappa shape index (κ3) is 4.69. The van der Waals surface area contributed by atoms with Gasteiger partial charge in [0.25, 0.3) is 0 Å². The Morgan fingerprint density at radius 3 is 2.63 bits per heavy atom. The summed E-state index contributed by atoms with van der Waals surface area (Å²) in [5, 5.41) is 4.94. The first kappa shape index (κ1) is 13.5. The number of carbonyl (C=O) groups excluding carboxylic acids is 1. The highest BCUT2D eigenvalue weighted by atomic mass is 19.4. The highest BCUT2D eigenvalue weighted by Gasteiger charge is 2.32. The number of carbonyl (C=O) groups is 1. The van der Waals surface area contributed by atoms with E-state index in [1.807, 2.05) is 0 Å². The van der Waals surface area contributed by atoms with E-state index in [1.54, 1.807) is 0 Å². The predicted octanol–water partition coefficient (Wildman–Crippen LogP) is 3.12. The number of hydrogen-bond donors (Lipinski definition) is 2. The quantitative estimate of drug-likeness (QED) is 0.886. The Hall–Kier alpha value is -1.92. The van der Waals surface area contributed by atoms with Gasteiger partial charge in [-0.3, -0.25) is 0 Å². The average molecular weight is 274 g/mol. The summed E-state index contributed by atoms with van der Waals surface area (Å²) < 4.78 is 40.3. The van der Waals surface area contributed by atoms with Gasteiger partial charge in [0.1, 0.15) is 0 Å². The van der Waals surface area contributed by atoms with Crippen LogP contribution in [-0.2, 0) is 0 Å². The van der Waals surface area contributed by atoms with Crippen LogP contribution in [0.5, 0.6) is 5.75 Å². The Bertz CT molecular complexity index is 459. The second-order valence-electron chi connectivity index (χ2n) is 4.32. The van der Waals surface area contributed by atoms with Crippen LogP contribution in [-0.4, -0.2) is 18.9 Å². The number of hydrogen-bond acceptors (Lipinski definition) is 2. The Labute approximate surface area is 107 Å². The molecule has 1 aliphatic rings. The van der Waals surface area contributed by atoms with Crippen LogP contribution in [0.25, 0.3) is 0 Å². The van der Waals surface area contributed by atoms with Crippen molar-refractivity contribution in [1.82, 2.24) is 5.32 Å². The number of para-hydroxylation sites is 2. The minimum Gasteiger partial charge on any atom is -0.404 e. The van der Waals surface area contributed by atoms with Crippen molar-refractivity contribution in [2.24, 2.45) is 5.92 Å². The SMILES string of the molecule is O=C(NCC1CC1)Nc1ccccc1OC(F)(F)F. The zero-order valence-corrected chi connectivity index (χ0v) is 9.96. The second kappa shape index (κ2) is 5.38. The van der Waals surface area contributed by atoms with Crippen LogP contribution >= 0.6 is 0 Å². The van der Waals surface area contributed by atoms with Crippen molar-refractivity contribution in [2.75, 3.05) is 11.9 Å². The molecule has 19 heavy (non-hydrogen) atoms. The van der Waals surface area contributed by atoms with E-state index in [0.717, 1.165) is 18.9 Å². The molecule has 0 spiro atoms. The summed E-state index contributed by atoms with van der Waals surface area (Å²) in [5.41, 5.74) is -0.0203. The number of anilines is 1. The van der Waals surface area contributed by atoms with Crippen molar-refractivity contribution in [3.8, 4) is 5.75 Å². The lowest BCUT2D eigenvalue weighted by molar-refractivity contribution is -0.274. The zero-order chi connectivity index (χ0) is 13.9.